The van der Waals surface area contributed by atoms with Gasteiger partial charge in [0.05, 0.1) is 0 Å². The summed E-state index contributed by atoms with van der Waals surface area (Å²) in [4.78, 5) is 4.21. The Hall–Kier alpha value is -1.43. The standard InChI is InChI=1S/C10H11N3O.ClH.H2O/c11-7-6-9-12-10(14-13-9)8-4-2-1-3-5-8;;/h1-5H,6-7,11H2;1H;1H2. The first kappa shape index (κ1) is 14.6. The van der Waals surface area contributed by atoms with Gasteiger partial charge in [0.25, 0.3) is 5.89 Å². The summed E-state index contributed by atoms with van der Waals surface area (Å²) < 4.78 is 5.09. The molecule has 1 heterocycles. The fourth-order valence-corrected chi connectivity index (χ4v) is 1.18. The van der Waals surface area contributed by atoms with E-state index < -0.39 is 0 Å². The lowest BCUT2D eigenvalue weighted by Gasteiger charge is -1.90. The van der Waals surface area contributed by atoms with E-state index in [0.29, 0.717) is 24.7 Å². The SMILES string of the molecule is Cl.NCCc1noc(-c2ccccc2)n1.O. The highest BCUT2D eigenvalue weighted by Crippen LogP contribution is 2.15. The van der Waals surface area contributed by atoms with Crippen LogP contribution in [0.25, 0.3) is 11.5 Å². The summed E-state index contributed by atoms with van der Waals surface area (Å²) >= 11 is 0. The van der Waals surface area contributed by atoms with Gasteiger partial charge in [-0.05, 0) is 18.7 Å². The van der Waals surface area contributed by atoms with Gasteiger partial charge in [-0.1, -0.05) is 23.4 Å². The van der Waals surface area contributed by atoms with Crippen LogP contribution >= 0.6 is 12.4 Å². The molecule has 0 aliphatic heterocycles. The summed E-state index contributed by atoms with van der Waals surface area (Å²) in [5.74, 6) is 1.21. The third kappa shape index (κ3) is 3.30. The first-order valence-electron chi connectivity index (χ1n) is 4.48. The zero-order valence-corrected chi connectivity index (χ0v) is 9.41. The minimum Gasteiger partial charge on any atom is -0.412 e. The minimum absolute atomic E-state index is 0. The molecular formula is C10H14ClN3O2. The van der Waals surface area contributed by atoms with E-state index in [1.54, 1.807) is 0 Å². The van der Waals surface area contributed by atoms with Gasteiger partial charge in [0.2, 0.25) is 0 Å². The van der Waals surface area contributed by atoms with Crippen molar-refractivity contribution in [2.24, 2.45) is 5.73 Å². The van der Waals surface area contributed by atoms with E-state index >= 15 is 0 Å². The Morgan fingerprint density at radius 1 is 1.19 bits per heavy atom. The first-order valence-corrected chi connectivity index (χ1v) is 4.48. The van der Waals surface area contributed by atoms with E-state index in [1.807, 2.05) is 30.3 Å². The molecule has 5 nitrogen and oxygen atoms in total. The Balaban J connectivity index is 0.00000112. The van der Waals surface area contributed by atoms with Gasteiger partial charge < -0.3 is 15.7 Å². The molecular weight excluding hydrogens is 230 g/mol. The Labute approximate surface area is 99.4 Å². The number of hydrogen-bond donors (Lipinski definition) is 1. The summed E-state index contributed by atoms with van der Waals surface area (Å²) in [5, 5.41) is 3.82. The van der Waals surface area contributed by atoms with E-state index in [2.05, 4.69) is 10.1 Å². The fourth-order valence-electron chi connectivity index (χ4n) is 1.18. The van der Waals surface area contributed by atoms with Crippen LogP contribution in [0.1, 0.15) is 5.82 Å². The van der Waals surface area contributed by atoms with Gasteiger partial charge >= 0.3 is 0 Å². The molecule has 0 bridgehead atoms. The molecule has 0 amide bonds. The van der Waals surface area contributed by atoms with E-state index in [-0.39, 0.29) is 17.9 Å². The van der Waals surface area contributed by atoms with Crippen LogP contribution in [0.5, 0.6) is 0 Å². The Morgan fingerprint density at radius 2 is 1.88 bits per heavy atom. The van der Waals surface area contributed by atoms with Crippen molar-refractivity contribution in [1.82, 2.24) is 10.1 Å². The molecule has 1 aromatic heterocycles. The second kappa shape index (κ2) is 6.95. The van der Waals surface area contributed by atoms with Gasteiger partial charge in [0.15, 0.2) is 5.82 Å². The van der Waals surface area contributed by atoms with Crippen molar-refractivity contribution in [3.63, 3.8) is 0 Å². The van der Waals surface area contributed by atoms with Gasteiger partial charge in [-0.2, -0.15) is 4.98 Å². The number of hydrogen-bond acceptors (Lipinski definition) is 4. The van der Waals surface area contributed by atoms with Crippen molar-refractivity contribution in [3.8, 4) is 11.5 Å². The van der Waals surface area contributed by atoms with Gasteiger partial charge in [-0.25, -0.2) is 0 Å². The molecule has 0 unspecified atom stereocenters. The van der Waals surface area contributed by atoms with Crippen LogP contribution in [-0.2, 0) is 6.42 Å². The quantitative estimate of drug-likeness (QED) is 0.864. The van der Waals surface area contributed by atoms with Gasteiger partial charge in [0, 0.05) is 12.0 Å². The van der Waals surface area contributed by atoms with Crippen LogP contribution in [-0.4, -0.2) is 22.2 Å². The zero-order chi connectivity index (χ0) is 9.80. The molecule has 0 saturated heterocycles. The second-order valence-corrected chi connectivity index (χ2v) is 2.92. The predicted molar refractivity (Wildman–Crippen MR) is 63.4 cm³/mol. The molecule has 2 aromatic rings. The lowest BCUT2D eigenvalue weighted by molar-refractivity contribution is 0.422. The van der Waals surface area contributed by atoms with E-state index in [0.717, 1.165) is 5.56 Å². The van der Waals surface area contributed by atoms with Gasteiger partial charge in [0.1, 0.15) is 0 Å². The number of nitrogens with two attached hydrogens (primary N) is 1. The number of nitrogens with zero attached hydrogens (tertiary/aromatic N) is 2. The number of halogens is 1. The Bertz CT molecular complexity index is 405. The smallest absolute Gasteiger partial charge is 0.257 e. The second-order valence-electron chi connectivity index (χ2n) is 2.92. The van der Waals surface area contributed by atoms with Crippen molar-refractivity contribution in [2.45, 2.75) is 6.42 Å². The molecule has 6 heteroatoms. The molecule has 0 saturated carbocycles. The molecule has 2 rings (SSSR count). The summed E-state index contributed by atoms with van der Waals surface area (Å²) in [6.07, 6.45) is 0.649. The molecule has 16 heavy (non-hydrogen) atoms. The highest BCUT2D eigenvalue weighted by Gasteiger charge is 2.06. The van der Waals surface area contributed by atoms with Crippen molar-refractivity contribution < 1.29 is 10.00 Å². The molecule has 0 fully saturated rings. The van der Waals surface area contributed by atoms with Crippen molar-refractivity contribution in [1.29, 1.82) is 0 Å². The predicted octanol–water partition coefficient (Wildman–Crippen LogP) is 0.835. The Kier molecular flexibility index (Phi) is 6.32. The van der Waals surface area contributed by atoms with Crippen LogP contribution in [0.3, 0.4) is 0 Å². The maximum absolute atomic E-state index is 5.39. The zero-order valence-electron chi connectivity index (χ0n) is 8.59. The van der Waals surface area contributed by atoms with E-state index in [9.17, 15) is 0 Å². The van der Waals surface area contributed by atoms with Gasteiger partial charge in [-0.3, -0.25) is 0 Å². The maximum atomic E-state index is 5.39. The van der Waals surface area contributed by atoms with Crippen LogP contribution < -0.4 is 5.73 Å². The number of rotatable bonds is 3. The topological polar surface area (TPSA) is 96.4 Å². The average molecular weight is 244 g/mol. The highest BCUT2D eigenvalue weighted by molar-refractivity contribution is 5.85. The summed E-state index contributed by atoms with van der Waals surface area (Å²) in [7, 11) is 0. The fraction of sp³-hybridized carbons (Fsp3) is 0.200. The lowest BCUT2D eigenvalue weighted by atomic mass is 10.2. The molecule has 0 atom stereocenters. The third-order valence-corrected chi connectivity index (χ3v) is 1.86. The number of benzene rings is 1. The molecule has 0 aliphatic carbocycles. The summed E-state index contributed by atoms with van der Waals surface area (Å²) in [5.41, 5.74) is 6.32. The summed E-state index contributed by atoms with van der Waals surface area (Å²) in [6.45, 7) is 0.535. The van der Waals surface area contributed by atoms with Crippen molar-refractivity contribution in [3.05, 3.63) is 36.2 Å². The van der Waals surface area contributed by atoms with Crippen LogP contribution in [0.15, 0.2) is 34.9 Å². The molecule has 0 spiro atoms. The largest absolute Gasteiger partial charge is 0.412 e. The van der Waals surface area contributed by atoms with Crippen LogP contribution in [0.4, 0.5) is 0 Å². The van der Waals surface area contributed by atoms with E-state index in [1.165, 1.54) is 0 Å². The normalized spacial score (nSPS) is 9.06. The molecule has 0 radical (unpaired) electrons. The minimum atomic E-state index is 0. The van der Waals surface area contributed by atoms with Crippen LogP contribution in [0.2, 0.25) is 0 Å². The van der Waals surface area contributed by atoms with Gasteiger partial charge in [-0.15, -0.1) is 12.4 Å². The monoisotopic (exact) mass is 243 g/mol. The number of aromatic nitrogens is 2. The average Bonchev–Trinajstić information content (AvgIpc) is 2.68. The molecule has 1 aromatic carbocycles. The molecule has 88 valence electrons. The first-order chi connectivity index (χ1) is 6.90. The van der Waals surface area contributed by atoms with Crippen LogP contribution in [0, 0.1) is 0 Å². The van der Waals surface area contributed by atoms with Crippen molar-refractivity contribution >= 4 is 12.4 Å². The highest BCUT2D eigenvalue weighted by atomic mass is 35.5. The van der Waals surface area contributed by atoms with E-state index in [4.69, 9.17) is 10.3 Å². The summed E-state index contributed by atoms with van der Waals surface area (Å²) in [6, 6.07) is 9.67. The maximum Gasteiger partial charge on any atom is 0.257 e. The molecule has 0 aliphatic rings. The third-order valence-electron chi connectivity index (χ3n) is 1.86. The lowest BCUT2D eigenvalue weighted by Crippen LogP contribution is -2.03. The molecule has 4 N–H and O–H groups in total. The Morgan fingerprint density at radius 3 is 2.50 bits per heavy atom. The van der Waals surface area contributed by atoms with Crippen molar-refractivity contribution in [2.75, 3.05) is 6.54 Å².